The zero-order chi connectivity index (χ0) is 17.6. The maximum absolute atomic E-state index is 5.08. The number of nitrogens with zero attached hydrogens (tertiary/aromatic N) is 4. The van der Waals surface area contributed by atoms with Crippen molar-refractivity contribution in [3.05, 3.63) is 54.1 Å². The number of hydrogen-bond acceptors (Lipinski definition) is 4. The van der Waals surface area contributed by atoms with E-state index in [4.69, 9.17) is 4.99 Å². The van der Waals surface area contributed by atoms with E-state index in [-0.39, 0.29) is 17.6 Å². The third kappa shape index (κ3) is 2.88. The highest BCUT2D eigenvalue weighted by Crippen LogP contribution is 2.48. The summed E-state index contributed by atoms with van der Waals surface area (Å²) in [6, 6.07) is 9.29. The summed E-state index contributed by atoms with van der Waals surface area (Å²) in [5.41, 5.74) is 2.49. The Labute approximate surface area is 154 Å². The molecule has 2 aromatic rings. The normalized spacial score (nSPS) is 26.0. The third-order valence-electron chi connectivity index (χ3n) is 5.16. The van der Waals surface area contributed by atoms with Gasteiger partial charge in [-0.05, 0) is 51.0 Å². The molecular weight excluding hydrogens is 328 g/mol. The Bertz CT molecular complexity index is 774. The van der Waals surface area contributed by atoms with Gasteiger partial charge in [-0.2, -0.15) is 0 Å². The minimum atomic E-state index is 0.0777. The number of aromatic nitrogens is 2. The van der Waals surface area contributed by atoms with Gasteiger partial charge in [0.2, 0.25) is 0 Å². The molecule has 4 rings (SSSR count). The van der Waals surface area contributed by atoms with E-state index in [2.05, 4.69) is 72.7 Å². The van der Waals surface area contributed by atoms with Crippen LogP contribution in [0, 0.1) is 0 Å². The molecule has 4 nitrogen and oxygen atoms in total. The maximum Gasteiger partial charge on any atom is 0.160 e. The average molecular weight is 355 g/mol. The van der Waals surface area contributed by atoms with Crippen molar-refractivity contribution in [2.75, 3.05) is 5.75 Å². The predicted octanol–water partition coefficient (Wildman–Crippen LogP) is 4.62. The van der Waals surface area contributed by atoms with Gasteiger partial charge in [-0.25, -0.2) is 0 Å². The van der Waals surface area contributed by atoms with E-state index < -0.39 is 0 Å². The summed E-state index contributed by atoms with van der Waals surface area (Å²) in [4.78, 5) is 12.2. The number of thioether (sulfide) groups is 1. The quantitative estimate of drug-likeness (QED) is 0.806. The smallest absolute Gasteiger partial charge is 0.160 e. The fraction of sp³-hybridized carbons (Fsp3) is 0.500. The molecule has 0 N–H and O–H groups in total. The van der Waals surface area contributed by atoms with Crippen LogP contribution in [0.4, 0.5) is 0 Å². The summed E-state index contributed by atoms with van der Waals surface area (Å²) in [6.07, 6.45) is 7.53. The van der Waals surface area contributed by atoms with Gasteiger partial charge >= 0.3 is 0 Å². The van der Waals surface area contributed by atoms with Crippen molar-refractivity contribution in [1.29, 1.82) is 0 Å². The van der Waals surface area contributed by atoms with Crippen LogP contribution in [0.3, 0.4) is 0 Å². The number of hydrogen-bond donors (Lipinski definition) is 0. The van der Waals surface area contributed by atoms with Gasteiger partial charge in [0.25, 0.3) is 0 Å². The third-order valence-corrected chi connectivity index (χ3v) is 6.29. The van der Waals surface area contributed by atoms with Crippen LogP contribution < -0.4 is 0 Å². The van der Waals surface area contributed by atoms with Crippen molar-refractivity contribution in [2.24, 2.45) is 4.99 Å². The second-order valence-corrected chi connectivity index (χ2v) is 8.85. The van der Waals surface area contributed by atoms with Crippen LogP contribution in [0.2, 0.25) is 0 Å². The Morgan fingerprint density at radius 2 is 2.08 bits per heavy atom. The molecule has 0 radical (unpaired) electrons. The lowest BCUT2D eigenvalue weighted by atomic mass is 9.97. The minimum absolute atomic E-state index is 0.0777. The molecule has 0 amide bonds. The molecule has 2 aliphatic rings. The van der Waals surface area contributed by atoms with Crippen LogP contribution in [0.15, 0.2) is 47.8 Å². The van der Waals surface area contributed by atoms with Gasteiger partial charge in [-0.15, -0.1) is 0 Å². The van der Waals surface area contributed by atoms with Crippen LogP contribution in [-0.2, 0) is 5.54 Å². The van der Waals surface area contributed by atoms with Crippen LogP contribution in [0.1, 0.15) is 57.5 Å². The maximum atomic E-state index is 5.08. The van der Waals surface area contributed by atoms with Crippen LogP contribution >= 0.6 is 11.8 Å². The molecule has 2 aromatic heterocycles. The monoisotopic (exact) mass is 354 g/mol. The number of aliphatic imine (C=N–C) groups is 1. The van der Waals surface area contributed by atoms with Crippen molar-refractivity contribution in [1.82, 2.24) is 14.5 Å². The molecule has 0 aliphatic carbocycles. The van der Waals surface area contributed by atoms with E-state index in [9.17, 15) is 0 Å². The van der Waals surface area contributed by atoms with E-state index in [0.29, 0.717) is 6.04 Å². The lowest BCUT2D eigenvalue weighted by Gasteiger charge is -2.31. The molecule has 4 heterocycles. The molecule has 0 unspecified atom stereocenters. The molecule has 0 spiro atoms. The molecule has 1 saturated heterocycles. The summed E-state index contributed by atoms with van der Waals surface area (Å²) >= 11 is 1.90. The summed E-state index contributed by atoms with van der Waals surface area (Å²) < 4.78 is 2.31. The first-order valence-electron chi connectivity index (χ1n) is 9.07. The fourth-order valence-electron chi connectivity index (χ4n) is 3.71. The highest BCUT2D eigenvalue weighted by molar-refractivity contribution is 8.14. The Morgan fingerprint density at radius 1 is 1.24 bits per heavy atom. The number of rotatable bonds is 3. The molecule has 2 aliphatic heterocycles. The van der Waals surface area contributed by atoms with Crippen molar-refractivity contribution >= 4 is 16.9 Å². The number of pyridine rings is 1. The first-order chi connectivity index (χ1) is 12.0. The SMILES string of the molecule is CC[C@H]1CSC2=N[C@@H](c3ccccn3)[C@@H](c3ccn(C(C)(C)C)c3)N21. The number of fused-ring (bicyclic) bond motifs is 1. The minimum Gasteiger partial charge on any atom is -0.349 e. The predicted molar refractivity (Wildman–Crippen MR) is 105 cm³/mol. The standard InChI is InChI=1S/C20H26N4S/c1-5-15-13-25-19-22-17(16-8-6-7-10-21-16)18(24(15)19)14-9-11-23(12-14)20(2,3)4/h6-12,15,17-18H,5,13H2,1-4H3/t15-,17-,18+/m0/s1. The van der Waals surface area contributed by atoms with Gasteiger partial charge in [-0.1, -0.05) is 24.8 Å². The molecule has 5 heteroatoms. The van der Waals surface area contributed by atoms with Crippen molar-refractivity contribution in [3.63, 3.8) is 0 Å². The van der Waals surface area contributed by atoms with E-state index in [0.717, 1.165) is 17.9 Å². The summed E-state index contributed by atoms with van der Waals surface area (Å²) in [5.74, 6) is 1.14. The summed E-state index contributed by atoms with van der Waals surface area (Å²) in [7, 11) is 0. The Balaban J connectivity index is 1.76. The molecule has 132 valence electrons. The Hall–Kier alpha value is -1.75. The van der Waals surface area contributed by atoms with Gasteiger partial charge in [0, 0.05) is 35.9 Å². The summed E-state index contributed by atoms with van der Waals surface area (Å²) in [6.45, 7) is 9.00. The number of amidine groups is 1. The van der Waals surface area contributed by atoms with Crippen molar-refractivity contribution in [2.45, 2.75) is 57.8 Å². The van der Waals surface area contributed by atoms with Crippen LogP contribution in [0.5, 0.6) is 0 Å². The average Bonchev–Trinajstić information content (AvgIpc) is 3.29. The molecular formula is C20H26N4S. The van der Waals surface area contributed by atoms with Crippen LogP contribution in [0.25, 0.3) is 0 Å². The second kappa shape index (κ2) is 6.20. The van der Waals surface area contributed by atoms with Gasteiger partial charge < -0.3 is 9.47 Å². The molecule has 0 bridgehead atoms. The van der Waals surface area contributed by atoms with E-state index in [1.54, 1.807) is 0 Å². The first kappa shape index (κ1) is 16.7. The van der Waals surface area contributed by atoms with Crippen molar-refractivity contribution < 1.29 is 0 Å². The van der Waals surface area contributed by atoms with E-state index in [1.807, 2.05) is 24.0 Å². The highest BCUT2D eigenvalue weighted by Gasteiger charge is 2.45. The lowest BCUT2D eigenvalue weighted by Crippen LogP contribution is -2.35. The zero-order valence-electron chi connectivity index (χ0n) is 15.4. The van der Waals surface area contributed by atoms with Crippen LogP contribution in [-0.4, -0.2) is 31.4 Å². The highest BCUT2D eigenvalue weighted by atomic mass is 32.2. The largest absolute Gasteiger partial charge is 0.349 e. The molecule has 25 heavy (non-hydrogen) atoms. The lowest BCUT2D eigenvalue weighted by molar-refractivity contribution is 0.254. The molecule has 3 atom stereocenters. The second-order valence-electron chi connectivity index (χ2n) is 7.86. The molecule has 0 aromatic carbocycles. The fourth-order valence-corrected chi connectivity index (χ4v) is 5.05. The first-order valence-corrected chi connectivity index (χ1v) is 10.1. The Kier molecular flexibility index (Phi) is 4.14. The van der Waals surface area contributed by atoms with Gasteiger partial charge in [-0.3, -0.25) is 9.98 Å². The van der Waals surface area contributed by atoms with Gasteiger partial charge in [0.1, 0.15) is 6.04 Å². The molecule has 1 fully saturated rings. The van der Waals surface area contributed by atoms with Gasteiger partial charge in [0.05, 0.1) is 11.7 Å². The van der Waals surface area contributed by atoms with E-state index in [1.165, 1.54) is 10.7 Å². The Morgan fingerprint density at radius 3 is 2.72 bits per heavy atom. The van der Waals surface area contributed by atoms with Gasteiger partial charge in [0.15, 0.2) is 5.17 Å². The zero-order valence-corrected chi connectivity index (χ0v) is 16.2. The topological polar surface area (TPSA) is 33.4 Å². The van der Waals surface area contributed by atoms with E-state index >= 15 is 0 Å². The molecule has 0 saturated carbocycles. The van der Waals surface area contributed by atoms with Crippen molar-refractivity contribution in [3.8, 4) is 0 Å². The summed E-state index contributed by atoms with van der Waals surface area (Å²) in [5, 5.41) is 1.19.